The maximum Gasteiger partial charge on any atom is 0.258 e. The van der Waals surface area contributed by atoms with Gasteiger partial charge in [-0.25, -0.2) is 0 Å². The fraction of sp³-hybridized carbons (Fsp3) is 0.231. The fourth-order valence-electron chi connectivity index (χ4n) is 1.53. The molecule has 6 heteroatoms. The van der Waals surface area contributed by atoms with Crippen LogP contribution in [0, 0.1) is 0 Å². The molecule has 5 nitrogen and oxygen atoms in total. The molecule has 0 radical (unpaired) electrons. The Morgan fingerprint density at radius 3 is 2.89 bits per heavy atom. The molecule has 1 aromatic carbocycles. The van der Waals surface area contributed by atoms with Crippen LogP contribution in [0.4, 0.5) is 5.69 Å². The van der Waals surface area contributed by atoms with Gasteiger partial charge in [0.15, 0.2) is 0 Å². The predicted octanol–water partition coefficient (Wildman–Crippen LogP) is 3.21. The average Bonchev–Trinajstić information content (AvgIpc) is 2.86. The van der Waals surface area contributed by atoms with Crippen molar-refractivity contribution in [3.63, 3.8) is 0 Å². The van der Waals surface area contributed by atoms with E-state index in [2.05, 4.69) is 31.4 Å². The van der Waals surface area contributed by atoms with Gasteiger partial charge in [0, 0.05) is 10.7 Å². The third-order valence-corrected chi connectivity index (χ3v) is 2.81. The smallest absolute Gasteiger partial charge is 0.258 e. The van der Waals surface area contributed by atoms with Crippen molar-refractivity contribution in [3.8, 4) is 5.75 Å². The van der Waals surface area contributed by atoms with Crippen LogP contribution >= 0.6 is 15.9 Å². The molecule has 2 aromatic rings. The lowest BCUT2D eigenvalue weighted by Gasteiger charge is -2.15. The van der Waals surface area contributed by atoms with Gasteiger partial charge in [-0.15, -0.1) is 0 Å². The zero-order chi connectivity index (χ0) is 13.8. The molecule has 0 bridgehead atoms. The van der Waals surface area contributed by atoms with Crippen molar-refractivity contribution in [1.29, 1.82) is 0 Å². The number of H-pyrrole nitrogens is 1. The molecule has 0 aliphatic heterocycles. The van der Waals surface area contributed by atoms with Gasteiger partial charge in [-0.3, -0.25) is 9.89 Å². The molecular formula is C13H14BrN3O2. The monoisotopic (exact) mass is 323 g/mol. The van der Waals surface area contributed by atoms with Gasteiger partial charge in [-0.1, -0.05) is 15.9 Å². The van der Waals surface area contributed by atoms with Crippen LogP contribution in [0.3, 0.4) is 0 Å². The summed E-state index contributed by atoms with van der Waals surface area (Å²) in [5.74, 6) is 0.399. The van der Waals surface area contributed by atoms with E-state index in [-0.39, 0.29) is 12.0 Å². The zero-order valence-electron chi connectivity index (χ0n) is 10.6. The molecule has 2 rings (SSSR count). The van der Waals surface area contributed by atoms with E-state index in [1.807, 2.05) is 26.0 Å². The third kappa shape index (κ3) is 3.57. The number of aromatic amines is 1. The SMILES string of the molecule is CC(C)Oc1ccc(Br)cc1NC(=O)c1cn[nH]c1. The summed E-state index contributed by atoms with van der Waals surface area (Å²) in [7, 11) is 0. The third-order valence-electron chi connectivity index (χ3n) is 2.31. The summed E-state index contributed by atoms with van der Waals surface area (Å²) in [5, 5.41) is 9.16. The second-order valence-corrected chi connectivity index (χ2v) is 5.16. The Bertz CT molecular complexity index is 567. The van der Waals surface area contributed by atoms with E-state index in [1.165, 1.54) is 12.4 Å². The highest BCUT2D eigenvalue weighted by atomic mass is 79.9. The molecule has 0 unspecified atom stereocenters. The largest absolute Gasteiger partial charge is 0.489 e. The normalized spacial score (nSPS) is 10.5. The standard InChI is InChI=1S/C13H14BrN3O2/c1-8(2)19-12-4-3-10(14)5-11(12)17-13(18)9-6-15-16-7-9/h3-8H,1-2H3,(H,15,16)(H,17,18). The van der Waals surface area contributed by atoms with Crippen molar-refractivity contribution < 1.29 is 9.53 Å². The highest BCUT2D eigenvalue weighted by Crippen LogP contribution is 2.29. The van der Waals surface area contributed by atoms with E-state index in [4.69, 9.17) is 4.74 Å². The molecule has 1 aromatic heterocycles. The number of hydrogen-bond donors (Lipinski definition) is 2. The zero-order valence-corrected chi connectivity index (χ0v) is 12.2. The van der Waals surface area contributed by atoms with E-state index in [9.17, 15) is 4.79 Å². The minimum atomic E-state index is -0.236. The Balaban J connectivity index is 2.23. The summed E-state index contributed by atoms with van der Waals surface area (Å²) in [5.41, 5.74) is 1.09. The van der Waals surface area contributed by atoms with Gasteiger partial charge in [0.2, 0.25) is 0 Å². The number of nitrogens with one attached hydrogen (secondary N) is 2. The molecule has 19 heavy (non-hydrogen) atoms. The maximum atomic E-state index is 12.0. The Labute approximate surface area is 119 Å². The highest BCUT2D eigenvalue weighted by Gasteiger charge is 2.12. The van der Waals surface area contributed by atoms with Crippen LogP contribution in [0.2, 0.25) is 0 Å². The first-order chi connectivity index (χ1) is 9.06. The summed E-state index contributed by atoms with van der Waals surface area (Å²) >= 11 is 3.38. The molecule has 0 fully saturated rings. The van der Waals surface area contributed by atoms with Gasteiger partial charge in [0.1, 0.15) is 5.75 Å². The van der Waals surface area contributed by atoms with Gasteiger partial charge in [0.25, 0.3) is 5.91 Å². The van der Waals surface area contributed by atoms with Gasteiger partial charge >= 0.3 is 0 Å². The van der Waals surface area contributed by atoms with Crippen molar-refractivity contribution in [2.45, 2.75) is 20.0 Å². The summed E-state index contributed by atoms with van der Waals surface area (Å²) < 4.78 is 6.53. The van der Waals surface area contributed by atoms with Gasteiger partial charge < -0.3 is 10.1 Å². The van der Waals surface area contributed by atoms with Crippen LogP contribution in [0.1, 0.15) is 24.2 Å². The number of carbonyl (C=O) groups excluding carboxylic acids is 1. The van der Waals surface area contributed by atoms with Crippen molar-refractivity contribution in [2.75, 3.05) is 5.32 Å². The molecule has 1 heterocycles. The molecule has 0 saturated carbocycles. The van der Waals surface area contributed by atoms with E-state index < -0.39 is 0 Å². The number of aromatic nitrogens is 2. The van der Waals surface area contributed by atoms with Gasteiger partial charge in [-0.05, 0) is 32.0 Å². The molecular weight excluding hydrogens is 310 g/mol. The van der Waals surface area contributed by atoms with Crippen molar-refractivity contribution in [3.05, 3.63) is 40.6 Å². The number of rotatable bonds is 4. The topological polar surface area (TPSA) is 67.0 Å². The number of benzene rings is 1. The first-order valence-corrected chi connectivity index (χ1v) is 6.62. The summed E-state index contributed by atoms with van der Waals surface area (Å²) in [4.78, 5) is 12.0. The number of nitrogens with zero attached hydrogens (tertiary/aromatic N) is 1. The van der Waals surface area contributed by atoms with Crippen LogP contribution in [0.5, 0.6) is 5.75 Å². The summed E-state index contributed by atoms with van der Waals surface area (Å²) in [6, 6.07) is 5.48. The second-order valence-electron chi connectivity index (χ2n) is 4.25. The quantitative estimate of drug-likeness (QED) is 0.907. The summed E-state index contributed by atoms with van der Waals surface area (Å²) in [6.07, 6.45) is 3.04. The maximum absolute atomic E-state index is 12.0. The molecule has 0 atom stereocenters. The molecule has 0 saturated heterocycles. The lowest BCUT2D eigenvalue weighted by Crippen LogP contribution is -2.14. The molecule has 0 aliphatic carbocycles. The highest BCUT2D eigenvalue weighted by molar-refractivity contribution is 9.10. The van der Waals surface area contributed by atoms with Gasteiger partial charge in [0.05, 0.1) is 23.6 Å². The Hall–Kier alpha value is -1.82. The predicted molar refractivity (Wildman–Crippen MR) is 76.4 cm³/mol. The fourth-order valence-corrected chi connectivity index (χ4v) is 1.89. The molecule has 1 amide bonds. The number of hydrogen-bond acceptors (Lipinski definition) is 3. The van der Waals surface area contributed by atoms with E-state index in [0.29, 0.717) is 17.0 Å². The van der Waals surface area contributed by atoms with Gasteiger partial charge in [-0.2, -0.15) is 5.10 Å². The average molecular weight is 324 g/mol. The lowest BCUT2D eigenvalue weighted by molar-refractivity contribution is 0.102. The van der Waals surface area contributed by atoms with E-state index >= 15 is 0 Å². The van der Waals surface area contributed by atoms with Crippen LogP contribution in [0.25, 0.3) is 0 Å². The number of ether oxygens (including phenoxy) is 1. The molecule has 100 valence electrons. The Morgan fingerprint density at radius 2 is 2.26 bits per heavy atom. The van der Waals surface area contributed by atoms with Crippen molar-refractivity contribution >= 4 is 27.5 Å². The Kier molecular flexibility index (Phi) is 4.21. The molecule has 0 spiro atoms. The second kappa shape index (κ2) is 5.88. The van der Waals surface area contributed by atoms with Crippen LogP contribution in [-0.4, -0.2) is 22.2 Å². The molecule has 2 N–H and O–H groups in total. The first kappa shape index (κ1) is 13.6. The van der Waals surface area contributed by atoms with E-state index in [0.717, 1.165) is 4.47 Å². The minimum absolute atomic E-state index is 0.0331. The van der Waals surface area contributed by atoms with Crippen LogP contribution < -0.4 is 10.1 Å². The minimum Gasteiger partial charge on any atom is -0.489 e. The number of amides is 1. The number of halogens is 1. The molecule has 0 aliphatic rings. The van der Waals surface area contributed by atoms with Crippen LogP contribution in [0.15, 0.2) is 35.1 Å². The Morgan fingerprint density at radius 1 is 1.47 bits per heavy atom. The van der Waals surface area contributed by atoms with Crippen molar-refractivity contribution in [1.82, 2.24) is 10.2 Å². The first-order valence-electron chi connectivity index (χ1n) is 5.82. The lowest BCUT2D eigenvalue weighted by atomic mass is 10.2. The van der Waals surface area contributed by atoms with Crippen LogP contribution in [-0.2, 0) is 0 Å². The summed E-state index contributed by atoms with van der Waals surface area (Å²) in [6.45, 7) is 3.87. The van der Waals surface area contributed by atoms with Crippen molar-refractivity contribution in [2.24, 2.45) is 0 Å². The van der Waals surface area contributed by atoms with E-state index in [1.54, 1.807) is 6.07 Å². The number of anilines is 1. The number of carbonyl (C=O) groups is 1.